The Morgan fingerprint density at radius 3 is 2.74 bits per heavy atom. The van der Waals surface area contributed by atoms with E-state index in [2.05, 4.69) is 47.8 Å². The van der Waals surface area contributed by atoms with Crippen molar-refractivity contribution in [2.24, 2.45) is 11.3 Å². The summed E-state index contributed by atoms with van der Waals surface area (Å²) in [5, 5.41) is 11.2. The maximum atomic E-state index is 11.2. The average Bonchev–Trinajstić information content (AvgIpc) is 2.27. The third kappa shape index (κ3) is 3.57. The van der Waals surface area contributed by atoms with Gasteiger partial charge in [-0.2, -0.15) is 0 Å². The maximum Gasteiger partial charge on any atom is 0.0721 e. The Hall–Kier alpha value is -0.410. The van der Waals surface area contributed by atoms with Crippen molar-refractivity contribution in [2.45, 2.75) is 58.5 Å². The lowest BCUT2D eigenvalue weighted by Gasteiger charge is -2.47. The molecule has 1 fully saturated rings. The Morgan fingerprint density at radius 1 is 1.37 bits per heavy atom. The van der Waals surface area contributed by atoms with E-state index < -0.39 is 5.60 Å². The monoisotopic (exact) mass is 325 g/mol. The van der Waals surface area contributed by atoms with Crippen LogP contribution in [0.2, 0.25) is 0 Å². The van der Waals surface area contributed by atoms with Gasteiger partial charge in [0.05, 0.1) is 5.60 Å². The van der Waals surface area contributed by atoms with E-state index in [1.807, 2.05) is 6.20 Å². The normalized spacial score (nSPS) is 28.4. The smallest absolute Gasteiger partial charge is 0.0721 e. The summed E-state index contributed by atoms with van der Waals surface area (Å²) >= 11 is 3.46. The van der Waals surface area contributed by atoms with Gasteiger partial charge in [-0.25, -0.2) is 0 Å². The molecule has 3 heteroatoms. The lowest BCUT2D eigenvalue weighted by atomic mass is 9.62. The third-order valence-electron chi connectivity index (χ3n) is 4.32. The first kappa shape index (κ1) is 15.0. The molecule has 1 aliphatic rings. The van der Waals surface area contributed by atoms with Crippen LogP contribution in [0.15, 0.2) is 22.9 Å². The summed E-state index contributed by atoms with van der Waals surface area (Å²) in [6, 6.07) is 2.07. The zero-order chi connectivity index (χ0) is 14.1. The van der Waals surface area contributed by atoms with Crippen molar-refractivity contribution >= 4 is 15.9 Å². The molecule has 1 aliphatic carbocycles. The molecule has 0 amide bonds. The van der Waals surface area contributed by atoms with E-state index in [0.29, 0.717) is 12.3 Å². The molecule has 0 spiro atoms. The summed E-state index contributed by atoms with van der Waals surface area (Å²) < 4.78 is 0.983. The van der Waals surface area contributed by atoms with Crippen LogP contribution in [0, 0.1) is 11.3 Å². The van der Waals surface area contributed by atoms with Crippen LogP contribution in [0.4, 0.5) is 0 Å². The molecule has 0 saturated heterocycles. The molecule has 19 heavy (non-hydrogen) atoms. The topological polar surface area (TPSA) is 33.1 Å². The van der Waals surface area contributed by atoms with Crippen LogP contribution in [0.5, 0.6) is 0 Å². The minimum absolute atomic E-state index is 0.147. The van der Waals surface area contributed by atoms with Crippen LogP contribution in [0.3, 0.4) is 0 Å². The van der Waals surface area contributed by atoms with Gasteiger partial charge in [-0.3, -0.25) is 4.98 Å². The van der Waals surface area contributed by atoms with Crippen molar-refractivity contribution in [2.75, 3.05) is 0 Å². The molecule has 0 radical (unpaired) electrons. The highest BCUT2D eigenvalue weighted by atomic mass is 79.9. The molecular formula is C16H24BrNO. The van der Waals surface area contributed by atoms with Gasteiger partial charge < -0.3 is 5.11 Å². The predicted molar refractivity (Wildman–Crippen MR) is 82.0 cm³/mol. The van der Waals surface area contributed by atoms with Gasteiger partial charge in [0, 0.05) is 23.3 Å². The molecule has 0 aliphatic heterocycles. The van der Waals surface area contributed by atoms with E-state index >= 15 is 0 Å². The van der Waals surface area contributed by atoms with Gasteiger partial charge in [0.25, 0.3) is 0 Å². The summed E-state index contributed by atoms with van der Waals surface area (Å²) in [4.78, 5) is 4.21. The van der Waals surface area contributed by atoms with Crippen molar-refractivity contribution < 1.29 is 5.11 Å². The first-order valence-electron chi connectivity index (χ1n) is 7.13. The quantitative estimate of drug-likeness (QED) is 0.876. The average molecular weight is 326 g/mol. The molecule has 2 rings (SSSR count). The number of hydrogen-bond acceptors (Lipinski definition) is 2. The van der Waals surface area contributed by atoms with Crippen molar-refractivity contribution in [3.8, 4) is 0 Å². The van der Waals surface area contributed by atoms with Crippen molar-refractivity contribution in [1.29, 1.82) is 0 Å². The summed E-state index contributed by atoms with van der Waals surface area (Å²) in [6.07, 6.45) is 8.77. The van der Waals surface area contributed by atoms with E-state index in [9.17, 15) is 5.11 Å². The minimum atomic E-state index is -0.584. The molecule has 106 valence electrons. The highest BCUT2D eigenvalue weighted by molar-refractivity contribution is 9.10. The van der Waals surface area contributed by atoms with Crippen LogP contribution in [0.1, 0.15) is 52.0 Å². The van der Waals surface area contributed by atoms with E-state index in [0.717, 1.165) is 29.3 Å². The largest absolute Gasteiger partial charge is 0.389 e. The van der Waals surface area contributed by atoms with Crippen molar-refractivity contribution in [3.05, 3.63) is 28.5 Å². The number of pyridine rings is 1. The van der Waals surface area contributed by atoms with Gasteiger partial charge in [-0.15, -0.1) is 0 Å². The summed E-state index contributed by atoms with van der Waals surface area (Å²) in [5.41, 5.74) is 0.682. The lowest BCUT2D eigenvalue weighted by Crippen LogP contribution is -2.48. The van der Waals surface area contributed by atoms with Crippen LogP contribution in [-0.4, -0.2) is 15.7 Å². The fourth-order valence-corrected chi connectivity index (χ4v) is 3.99. The molecule has 0 aromatic carbocycles. The van der Waals surface area contributed by atoms with Gasteiger partial charge in [0.1, 0.15) is 0 Å². The van der Waals surface area contributed by atoms with Crippen molar-refractivity contribution in [3.63, 3.8) is 0 Å². The molecule has 1 N–H and O–H groups in total. The molecule has 1 aromatic rings. The Bertz CT molecular complexity index is 441. The zero-order valence-corrected chi connectivity index (χ0v) is 13.7. The van der Waals surface area contributed by atoms with Gasteiger partial charge in [-0.05, 0) is 51.7 Å². The Morgan fingerprint density at radius 2 is 2.11 bits per heavy atom. The minimum Gasteiger partial charge on any atom is -0.389 e. The number of hydrogen-bond donors (Lipinski definition) is 1. The van der Waals surface area contributed by atoms with Gasteiger partial charge in [-0.1, -0.05) is 33.6 Å². The second-order valence-electron chi connectivity index (χ2n) is 6.96. The van der Waals surface area contributed by atoms with Crippen molar-refractivity contribution in [1.82, 2.24) is 4.98 Å². The lowest BCUT2D eigenvalue weighted by molar-refractivity contribution is -0.0889. The zero-order valence-electron chi connectivity index (χ0n) is 12.1. The molecule has 2 atom stereocenters. The molecule has 1 saturated carbocycles. The van der Waals surface area contributed by atoms with Gasteiger partial charge in [0.15, 0.2) is 0 Å². The first-order chi connectivity index (χ1) is 8.81. The fraction of sp³-hybridized carbons (Fsp3) is 0.688. The Kier molecular flexibility index (Phi) is 4.36. The summed E-state index contributed by atoms with van der Waals surface area (Å²) in [5.74, 6) is 0.354. The number of aromatic nitrogens is 1. The van der Waals surface area contributed by atoms with Gasteiger partial charge in [0.2, 0.25) is 0 Å². The van der Waals surface area contributed by atoms with E-state index in [4.69, 9.17) is 0 Å². The molecule has 0 bridgehead atoms. The number of rotatable bonds is 2. The second kappa shape index (κ2) is 5.53. The van der Waals surface area contributed by atoms with Crippen LogP contribution >= 0.6 is 15.9 Å². The first-order valence-corrected chi connectivity index (χ1v) is 7.92. The second-order valence-corrected chi connectivity index (χ2v) is 7.87. The van der Waals surface area contributed by atoms with Crippen LogP contribution < -0.4 is 0 Å². The maximum absolute atomic E-state index is 11.2. The highest BCUT2D eigenvalue weighted by Gasteiger charge is 2.44. The van der Waals surface area contributed by atoms with E-state index in [-0.39, 0.29) is 5.41 Å². The number of nitrogens with zero attached hydrogens (tertiary/aromatic N) is 1. The molecular weight excluding hydrogens is 302 g/mol. The van der Waals surface area contributed by atoms with Gasteiger partial charge >= 0.3 is 0 Å². The number of halogens is 1. The Balaban J connectivity index is 2.23. The van der Waals surface area contributed by atoms with E-state index in [1.54, 1.807) is 6.20 Å². The summed E-state index contributed by atoms with van der Waals surface area (Å²) in [7, 11) is 0. The molecule has 1 aromatic heterocycles. The van der Waals surface area contributed by atoms with Crippen LogP contribution in [0.25, 0.3) is 0 Å². The Labute approximate surface area is 124 Å². The number of aliphatic hydroxyl groups is 1. The highest BCUT2D eigenvalue weighted by Crippen LogP contribution is 2.45. The molecule has 2 unspecified atom stereocenters. The third-order valence-corrected chi connectivity index (χ3v) is 4.75. The fourth-order valence-electron chi connectivity index (χ4n) is 3.58. The molecule has 1 heterocycles. The predicted octanol–water partition coefficient (Wildman–Crippen LogP) is 4.35. The van der Waals surface area contributed by atoms with Crippen LogP contribution in [-0.2, 0) is 6.42 Å². The molecule has 2 nitrogen and oxygen atoms in total. The SMILES string of the molecule is CC(C)(C)C1CCCCC1(O)Cc1cncc(Br)c1. The van der Waals surface area contributed by atoms with E-state index in [1.165, 1.54) is 6.42 Å². The summed E-state index contributed by atoms with van der Waals surface area (Å²) in [6.45, 7) is 6.73. The standard InChI is InChI=1S/C16H24BrNO/c1-15(2,3)14-6-4-5-7-16(14,19)9-12-8-13(17)11-18-10-12/h8,10-11,14,19H,4-7,9H2,1-3H3.